The number of ether oxygens (including phenoxy) is 2. The van der Waals surface area contributed by atoms with Crippen LogP contribution in [0.2, 0.25) is 5.02 Å². The van der Waals surface area contributed by atoms with Crippen LogP contribution in [0, 0.1) is 17.0 Å². The number of nitro benzene ring substituents is 1. The Morgan fingerprint density at radius 1 is 1.19 bits per heavy atom. The molecule has 0 spiro atoms. The number of rotatable bonds is 7. The molecule has 1 heterocycles. The Balaban J connectivity index is 1.52. The van der Waals surface area contributed by atoms with Crippen LogP contribution in [-0.4, -0.2) is 23.1 Å². The van der Waals surface area contributed by atoms with Crippen LogP contribution in [-0.2, 0) is 11.4 Å². The van der Waals surface area contributed by atoms with Gasteiger partial charge in [-0.05, 0) is 93.8 Å². The van der Waals surface area contributed by atoms with E-state index in [9.17, 15) is 14.9 Å². The highest BCUT2D eigenvalue weighted by molar-refractivity contribution is 9.10. The predicted octanol–water partition coefficient (Wildman–Crippen LogP) is 6.80. The number of nitrogens with one attached hydrogen (secondary N) is 1. The summed E-state index contributed by atoms with van der Waals surface area (Å²) in [5.74, 6) is 0.678. The van der Waals surface area contributed by atoms with Gasteiger partial charge in [-0.1, -0.05) is 17.7 Å². The fourth-order valence-electron chi connectivity index (χ4n) is 3.28. The van der Waals surface area contributed by atoms with E-state index >= 15 is 0 Å². The number of non-ortho nitro benzene ring substituents is 1. The molecule has 1 N–H and O–H groups in total. The predicted molar refractivity (Wildman–Crippen MR) is 145 cm³/mol. The molecule has 184 valence electrons. The topological polar surface area (TPSA) is 103 Å². The van der Waals surface area contributed by atoms with Crippen LogP contribution >= 0.6 is 39.3 Å². The standard InChI is InChI=1S/C25H19BrClN3O5S/c1-14-3-6-17(27)12-20(14)28-25-29-24(31)22(36-25)11-16-9-19(26)23(21(10-16)34-2)35-13-15-4-7-18(8-5-15)30(32)33/h3-12H,13H2,1-2H3,(H,28,29,31). The molecule has 8 nitrogen and oxygen atoms in total. The summed E-state index contributed by atoms with van der Waals surface area (Å²) in [7, 11) is 1.52. The quantitative estimate of drug-likeness (QED) is 0.185. The molecule has 0 bridgehead atoms. The minimum atomic E-state index is -0.451. The van der Waals surface area contributed by atoms with Crippen molar-refractivity contribution in [3.63, 3.8) is 0 Å². The average molecular weight is 589 g/mol. The van der Waals surface area contributed by atoms with E-state index in [-0.39, 0.29) is 18.2 Å². The van der Waals surface area contributed by atoms with Gasteiger partial charge in [0.05, 0.1) is 27.1 Å². The summed E-state index contributed by atoms with van der Waals surface area (Å²) in [6.07, 6.45) is 1.74. The molecule has 1 amide bonds. The fourth-order valence-corrected chi connectivity index (χ4v) is 4.85. The Bertz CT molecular complexity index is 1410. The molecule has 0 unspecified atom stereocenters. The molecule has 0 saturated carbocycles. The number of hydrogen-bond acceptors (Lipinski definition) is 7. The van der Waals surface area contributed by atoms with Gasteiger partial charge in [-0.25, -0.2) is 4.99 Å². The number of amidine groups is 1. The molecule has 36 heavy (non-hydrogen) atoms. The van der Waals surface area contributed by atoms with Crippen molar-refractivity contribution in [3.05, 3.63) is 95.8 Å². The number of hydrogen-bond donors (Lipinski definition) is 1. The largest absolute Gasteiger partial charge is 0.493 e. The SMILES string of the molecule is COc1cc(C=C2SC(=Nc3cc(Cl)ccc3C)NC2=O)cc(Br)c1OCc1ccc([N+](=O)[O-])cc1. The first-order chi connectivity index (χ1) is 17.2. The van der Waals surface area contributed by atoms with Crippen LogP contribution in [0.1, 0.15) is 16.7 Å². The molecule has 0 aromatic heterocycles. The van der Waals surface area contributed by atoms with Gasteiger partial charge in [0, 0.05) is 17.2 Å². The van der Waals surface area contributed by atoms with E-state index in [2.05, 4.69) is 26.2 Å². The molecule has 0 radical (unpaired) electrons. The maximum Gasteiger partial charge on any atom is 0.269 e. The summed E-state index contributed by atoms with van der Waals surface area (Å²) in [6, 6.07) is 15.1. The number of amides is 1. The van der Waals surface area contributed by atoms with Crippen LogP contribution in [0.5, 0.6) is 11.5 Å². The molecular weight excluding hydrogens is 570 g/mol. The molecule has 3 aromatic carbocycles. The second-order valence-corrected chi connectivity index (χ2v) is 9.98. The monoisotopic (exact) mass is 587 g/mol. The van der Waals surface area contributed by atoms with E-state index in [4.69, 9.17) is 21.1 Å². The van der Waals surface area contributed by atoms with Gasteiger partial charge in [0.15, 0.2) is 16.7 Å². The van der Waals surface area contributed by atoms with Crippen molar-refractivity contribution in [2.24, 2.45) is 4.99 Å². The van der Waals surface area contributed by atoms with E-state index in [1.165, 1.54) is 31.0 Å². The number of benzene rings is 3. The summed E-state index contributed by atoms with van der Waals surface area (Å²) >= 11 is 10.8. The van der Waals surface area contributed by atoms with Gasteiger partial charge in [-0.3, -0.25) is 14.9 Å². The lowest BCUT2D eigenvalue weighted by molar-refractivity contribution is -0.384. The van der Waals surface area contributed by atoms with Gasteiger partial charge < -0.3 is 14.8 Å². The van der Waals surface area contributed by atoms with Gasteiger partial charge in [0.1, 0.15) is 6.61 Å². The van der Waals surface area contributed by atoms with Crippen molar-refractivity contribution in [2.75, 3.05) is 7.11 Å². The summed E-state index contributed by atoms with van der Waals surface area (Å²) in [6.45, 7) is 2.11. The van der Waals surface area contributed by atoms with E-state index in [0.29, 0.717) is 36.8 Å². The van der Waals surface area contributed by atoms with Crippen molar-refractivity contribution >= 4 is 67.8 Å². The summed E-state index contributed by atoms with van der Waals surface area (Å²) in [4.78, 5) is 27.9. The van der Waals surface area contributed by atoms with E-state index in [1.807, 2.05) is 19.1 Å². The van der Waals surface area contributed by atoms with Gasteiger partial charge >= 0.3 is 0 Å². The number of nitrogens with zero attached hydrogens (tertiary/aromatic N) is 2. The van der Waals surface area contributed by atoms with Gasteiger partial charge in [-0.15, -0.1) is 0 Å². The first kappa shape index (κ1) is 25.7. The first-order valence-electron chi connectivity index (χ1n) is 10.5. The zero-order valence-electron chi connectivity index (χ0n) is 19.1. The summed E-state index contributed by atoms with van der Waals surface area (Å²) < 4.78 is 12.1. The molecule has 1 aliphatic rings. The second-order valence-electron chi connectivity index (χ2n) is 7.66. The summed E-state index contributed by atoms with van der Waals surface area (Å²) in [5, 5.41) is 14.6. The lowest BCUT2D eigenvalue weighted by Gasteiger charge is -2.14. The number of halogens is 2. The van der Waals surface area contributed by atoms with E-state index < -0.39 is 4.92 Å². The molecule has 1 fully saturated rings. The van der Waals surface area contributed by atoms with E-state index in [0.717, 1.165) is 16.7 Å². The third-order valence-corrected chi connectivity index (χ3v) is 6.86. The van der Waals surface area contributed by atoms with Crippen LogP contribution in [0.15, 0.2) is 69.0 Å². The molecule has 0 atom stereocenters. The molecule has 0 aliphatic carbocycles. The van der Waals surface area contributed by atoms with E-state index in [1.54, 1.807) is 36.4 Å². The highest BCUT2D eigenvalue weighted by Crippen LogP contribution is 2.39. The Kier molecular flexibility index (Phi) is 7.97. The molecular formula is C25H19BrClN3O5S. The Morgan fingerprint density at radius 2 is 1.94 bits per heavy atom. The number of thioether (sulfide) groups is 1. The Labute approximate surface area is 224 Å². The van der Waals surface area contributed by atoms with Gasteiger partial charge in [-0.2, -0.15) is 0 Å². The normalized spacial score (nSPS) is 15.3. The Hall–Kier alpha value is -3.34. The minimum absolute atomic E-state index is 0.0135. The third-order valence-electron chi connectivity index (χ3n) is 5.12. The van der Waals surface area contributed by atoms with Crippen LogP contribution < -0.4 is 14.8 Å². The number of methoxy groups -OCH3 is 1. The molecule has 4 rings (SSSR count). The lowest BCUT2D eigenvalue weighted by Crippen LogP contribution is -2.19. The van der Waals surface area contributed by atoms with Crippen molar-refractivity contribution in [1.29, 1.82) is 0 Å². The zero-order valence-corrected chi connectivity index (χ0v) is 22.2. The number of aliphatic imine (C=N–C) groups is 1. The number of carbonyl (C=O) groups is 1. The van der Waals surface area contributed by atoms with Gasteiger partial charge in [0.2, 0.25) is 0 Å². The summed E-state index contributed by atoms with van der Waals surface area (Å²) in [5.41, 5.74) is 3.13. The minimum Gasteiger partial charge on any atom is -0.493 e. The fraction of sp³-hybridized carbons (Fsp3) is 0.120. The van der Waals surface area contributed by atoms with Gasteiger partial charge in [0.25, 0.3) is 11.6 Å². The number of carbonyl (C=O) groups excluding carboxylic acids is 1. The third kappa shape index (κ3) is 6.07. The van der Waals surface area contributed by atoms with Crippen molar-refractivity contribution in [1.82, 2.24) is 5.32 Å². The number of aryl methyl sites for hydroxylation is 1. The van der Waals surface area contributed by atoms with Crippen molar-refractivity contribution in [3.8, 4) is 11.5 Å². The van der Waals surface area contributed by atoms with Crippen molar-refractivity contribution < 1.29 is 19.2 Å². The zero-order chi connectivity index (χ0) is 25.8. The maximum absolute atomic E-state index is 12.5. The van der Waals surface area contributed by atoms with Crippen LogP contribution in [0.4, 0.5) is 11.4 Å². The molecule has 1 saturated heterocycles. The van der Waals surface area contributed by atoms with Crippen LogP contribution in [0.3, 0.4) is 0 Å². The molecule has 1 aliphatic heterocycles. The average Bonchev–Trinajstić information content (AvgIpc) is 3.18. The highest BCUT2D eigenvalue weighted by atomic mass is 79.9. The first-order valence-corrected chi connectivity index (χ1v) is 12.5. The molecule has 3 aromatic rings. The molecule has 11 heteroatoms. The second kappa shape index (κ2) is 11.2. The lowest BCUT2D eigenvalue weighted by atomic mass is 10.1. The number of nitro groups is 1. The maximum atomic E-state index is 12.5. The smallest absolute Gasteiger partial charge is 0.269 e. The van der Waals surface area contributed by atoms with Crippen molar-refractivity contribution in [2.45, 2.75) is 13.5 Å². The Morgan fingerprint density at radius 3 is 2.64 bits per heavy atom. The van der Waals surface area contributed by atoms with Crippen LogP contribution in [0.25, 0.3) is 6.08 Å². The highest BCUT2D eigenvalue weighted by Gasteiger charge is 2.24.